The quantitative estimate of drug-likeness (QED) is 0.704. The molecule has 0 bridgehead atoms. The van der Waals surface area contributed by atoms with Crippen LogP contribution in [0.5, 0.6) is 0 Å². The maximum atomic E-state index is 10.3. The summed E-state index contributed by atoms with van der Waals surface area (Å²) in [7, 11) is 0. The first-order valence-corrected chi connectivity index (χ1v) is 3.86. The molecule has 3 nitrogen and oxygen atoms in total. The molecule has 0 aliphatic rings. The van der Waals surface area contributed by atoms with Crippen molar-refractivity contribution >= 4 is 6.03 Å². The molecule has 0 aliphatic carbocycles. The molecule has 0 aliphatic heterocycles. The Balaban J connectivity index is 0. The molecule has 1 aromatic carbocycles. The molecule has 0 unspecified atom stereocenters. The smallest absolute Gasteiger partial charge is 0.312 e. The minimum atomic E-state index is -0.467. The van der Waals surface area contributed by atoms with Crippen LogP contribution in [0.25, 0.3) is 0 Å². The zero-order valence-corrected chi connectivity index (χ0v) is 6.79. The third-order valence-electron chi connectivity index (χ3n) is 1.56. The van der Waals surface area contributed by atoms with Gasteiger partial charge in [0.1, 0.15) is 0 Å². The van der Waals surface area contributed by atoms with Crippen LogP contribution in [0.4, 0.5) is 4.79 Å². The second kappa shape index (κ2) is 4.38. The van der Waals surface area contributed by atoms with E-state index in [1.165, 1.54) is 5.56 Å². The van der Waals surface area contributed by atoms with Gasteiger partial charge in [0.05, 0.1) is 0 Å². The summed E-state index contributed by atoms with van der Waals surface area (Å²) >= 11 is 0. The summed E-state index contributed by atoms with van der Waals surface area (Å²) in [6.45, 7) is 0.597. The number of benzene rings is 1. The number of hydrogen-bond acceptors (Lipinski definition) is 1. The molecule has 3 heteroatoms. The van der Waals surface area contributed by atoms with Crippen molar-refractivity contribution in [1.82, 2.24) is 5.32 Å². The molecule has 0 saturated heterocycles. The Morgan fingerprint density at radius 3 is 2.67 bits per heavy atom. The van der Waals surface area contributed by atoms with Crippen LogP contribution >= 0.6 is 0 Å². The van der Waals surface area contributed by atoms with E-state index >= 15 is 0 Å². The molecular weight excluding hydrogens is 152 g/mol. The van der Waals surface area contributed by atoms with Crippen LogP contribution < -0.4 is 11.1 Å². The molecular formula is C9H16N2O. The Morgan fingerprint density at radius 2 is 2.08 bits per heavy atom. The van der Waals surface area contributed by atoms with Crippen LogP contribution in [0.15, 0.2) is 30.3 Å². The predicted octanol–water partition coefficient (Wildman–Crippen LogP) is 1.39. The Bertz CT molecular complexity index is 254. The van der Waals surface area contributed by atoms with E-state index in [-0.39, 0.29) is 2.85 Å². The second-order valence-corrected chi connectivity index (χ2v) is 2.53. The molecule has 68 valence electrons. The highest BCUT2D eigenvalue weighted by Crippen LogP contribution is 1.97. The molecule has 0 heterocycles. The molecule has 0 fully saturated rings. The number of urea groups is 1. The first kappa shape index (κ1) is 8.59. The van der Waals surface area contributed by atoms with E-state index in [9.17, 15) is 4.79 Å². The Labute approximate surface area is 74.5 Å². The third kappa shape index (κ3) is 3.05. The summed E-state index contributed by atoms with van der Waals surface area (Å²) in [5.74, 6) is 0. The summed E-state index contributed by atoms with van der Waals surface area (Å²) < 4.78 is 0. The van der Waals surface area contributed by atoms with Gasteiger partial charge in [0.2, 0.25) is 0 Å². The minimum absolute atomic E-state index is 0. The summed E-state index contributed by atoms with van der Waals surface area (Å²) in [5, 5.41) is 2.53. The van der Waals surface area contributed by atoms with Gasteiger partial charge in [0.25, 0.3) is 0 Å². The maximum Gasteiger partial charge on any atom is 0.312 e. The number of primary amides is 1. The molecule has 0 spiro atoms. The molecule has 12 heavy (non-hydrogen) atoms. The molecule has 0 saturated carbocycles. The van der Waals surface area contributed by atoms with E-state index in [2.05, 4.69) is 5.32 Å². The van der Waals surface area contributed by atoms with E-state index in [4.69, 9.17) is 5.73 Å². The molecule has 0 aromatic heterocycles. The number of hydrogen-bond donors (Lipinski definition) is 2. The van der Waals surface area contributed by atoms with Gasteiger partial charge in [-0.25, -0.2) is 4.79 Å². The van der Waals surface area contributed by atoms with Crippen LogP contribution in [0.3, 0.4) is 0 Å². The number of carbonyl (C=O) groups excluding carboxylic acids is 1. The van der Waals surface area contributed by atoms with Gasteiger partial charge in [-0.2, -0.15) is 0 Å². The molecule has 0 atom stereocenters. The van der Waals surface area contributed by atoms with Gasteiger partial charge in [-0.15, -0.1) is 0 Å². The fourth-order valence-corrected chi connectivity index (χ4v) is 0.975. The van der Waals surface area contributed by atoms with Crippen LogP contribution in [0.1, 0.15) is 8.42 Å². The predicted molar refractivity (Wildman–Crippen MR) is 52.0 cm³/mol. The fourth-order valence-electron chi connectivity index (χ4n) is 0.975. The average Bonchev–Trinajstić information content (AvgIpc) is 2.05. The van der Waals surface area contributed by atoms with Crippen LogP contribution in [-0.4, -0.2) is 12.6 Å². The van der Waals surface area contributed by atoms with Crippen molar-refractivity contribution in [3.63, 3.8) is 0 Å². The van der Waals surface area contributed by atoms with Crippen LogP contribution in [0, 0.1) is 0 Å². The Kier molecular flexibility index (Phi) is 3.14. The van der Waals surface area contributed by atoms with Crippen LogP contribution in [-0.2, 0) is 6.42 Å². The van der Waals surface area contributed by atoms with E-state index in [1.807, 2.05) is 30.3 Å². The number of carbonyl (C=O) groups is 1. The van der Waals surface area contributed by atoms with Crippen molar-refractivity contribution < 1.29 is 7.65 Å². The number of amides is 2. The lowest BCUT2D eigenvalue weighted by atomic mass is 10.1. The van der Waals surface area contributed by atoms with Gasteiger partial charge in [-0.05, 0) is 12.0 Å². The molecule has 3 N–H and O–H groups in total. The fraction of sp³-hybridized carbons (Fsp3) is 0.222. The van der Waals surface area contributed by atoms with E-state index in [0.29, 0.717) is 6.54 Å². The van der Waals surface area contributed by atoms with Crippen molar-refractivity contribution in [2.24, 2.45) is 5.73 Å². The van der Waals surface area contributed by atoms with Crippen molar-refractivity contribution in [3.05, 3.63) is 35.9 Å². The maximum absolute atomic E-state index is 10.3. The molecule has 2 amide bonds. The van der Waals surface area contributed by atoms with Crippen molar-refractivity contribution in [2.45, 2.75) is 6.42 Å². The molecule has 1 rings (SSSR count). The van der Waals surface area contributed by atoms with Crippen molar-refractivity contribution in [2.75, 3.05) is 6.54 Å². The zero-order valence-electron chi connectivity index (χ0n) is 6.79. The highest BCUT2D eigenvalue weighted by Gasteiger charge is 1.92. The summed E-state index contributed by atoms with van der Waals surface area (Å²) in [5.41, 5.74) is 6.11. The Hall–Kier alpha value is -1.51. The third-order valence-corrected chi connectivity index (χ3v) is 1.56. The van der Waals surface area contributed by atoms with E-state index in [0.717, 1.165) is 6.42 Å². The van der Waals surface area contributed by atoms with Gasteiger partial charge >= 0.3 is 6.03 Å². The van der Waals surface area contributed by atoms with E-state index < -0.39 is 6.03 Å². The summed E-state index contributed by atoms with van der Waals surface area (Å²) in [4.78, 5) is 10.3. The van der Waals surface area contributed by atoms with Crippen LogP contribution in [0.2, 0.25) is 0 Å². The normalized spacial score (nSPS) is 9.33. The molecule has 1 aromatic rings. The molecule has 0 radical (unpaired) electrons. The first-order valence-electron chi connectivity index (χ1n) is 3.86. The van der Waals surface area contributed by atoms with Gasteiger partial charge in [-0.3, -0.25) is 0 Å². The van der Waals surface area contributed by atoms with Gasteiger partial charge in [0.15, 0.2) is 0 Å². The lowest BCUT2D eigenvalue weighted by molar-refractivity contribution is 0.249. The lowest BCUT2D eigenvalue weighted by Gasteiger charge is -2.00. The standard InChI is InChI=1S/C9H12N2O.2H2/c10-9(12)11-7-6-8-4-2-1-3-5-8;;/h1-5H,6-7H2,(H3,10,11,12);2*1H. The van der Waals surface area contributed by atoms with Gasteiger partial charge in [0, 0.05) is 9.40 Å². The zero-order chi connectivity index (χ0) is 8.81. The first-order chi connectivity index (χ1) is 5.79. The minimum Gasteiger partial charge on any atom is -0.352 e. The lowest BCUT2D eigenvalue weighted by Crippen LogP contribution is -2.30. The highest BCUT2D eigenvalue weighted by molar-refractivity contribution is 5.71. The second-order valence-electron chi connectivity index (χ2n) is 2.53. The van der Waals surface area contributed by atoms with E-state index in [1.54, 1.807) is 0 Å². The highest BCUT2D eigenvalue weighted by atomic mass is 16.2. The largest absolute Gasteiger partial charge is 0.352 e. The van der Waals surface area contributed by atoms with Gasteiger partial charge < -0.3 is 11.1 Å². The van der Waals surface area contributed by atoms with Gasteiger partial charge in [-0.1, -0.05) is 30.3 Å². The SMILES string of the molecule is NC(=O)NCCc1ccccc1.[HH].[HH]. The number of rotatable bonds is 3. The average molecular weight is 168 g/mol. The Morgan fingerprint density at radius 1 is 1.42 bits per heavy atom. The number of nitrogens with two attached hydrogens (primary N) is 1. The summed E-state index contributed by atoms with van der Waals surface area (Å²) in [6.07, 6.45) is 0.823. The summed E-state index contributed by atoms with van der Waals surface area (Å²) in [6, 6.07) is 9.47. The van der Waals surface area contributed by atoms with Crippen molar-refractivity contribution in [3.8, 4) is 0 Å². The monoisotopic (exact) mass is 168 g/mol. The van der Waals surface area contributed by atoms with Crippen molar-refractivity contribution in [1.29, 1.82) is 0 Å². The number of nitrogens with one attached hydrogen (secondary N) is 1. The topological polar surface area (TPSA) is 55.1 Å².